The normalized spacial score (nSPS) is 23.5. The van der Waals surface area contributed by atoms with Crippen molar-refractivity contribution in [3.63, 3.8) is 0 Å². The molecule has 0 aliphatic carbocycles. The molecule has 1 N–H and O–H groups in total. The summed E-state index contributed by atoms with van der Waals surface area (Å²) in [5.74, 6) is 0. The molecule has 1 heteroatoms. The molecule has 44 valence electrons. The monoisotopic (exact) mass is 109 g/mol. The Balaban J connectivity index is 2.57. The van der Waals surface area contributed by atoms with Gasteiger partial charge in [-0.3, -0.25) is 0 Å². The summed E-state index contributed by atoms with van der Waals surface area (Å²) >= 11 is 0. The topological polar surface area (TPSA) is 12.0 Å². The molecule has 1 saturated heterocycles. The van der Waals surface area contributed by atoms with Gasteiger partial charge in [-0.25, -0.2) is 0 Å². The maximum absolute atomic E-state index is 3.71. The number of hydrogen-bond acceptors (Lipinski definition) is 1. The van der Waals surface area contributed by atoms with Crippen molar-refractivity contribution >= 4 is 0 Å². The summed E-state index contributed by atoms with van der Waals surface area (Å²) in [5.41, 5.74) is 0.222. The third kappa shape index (κ3) is 0.594. The van der Waals surface area contributed by atoms with E-state index in [0.29, 0.717) is 0 Å². The summed E-state index contributed by atoms with van der Waals surface area (Å²) in [7, 11) is 0. The van der Waals surface area contributed by atoms with Crippen LogP contribution in [0.25, 0.3) is 0 Å². The SMILES string of the molecule is C=CC1(C=C)CNC1. The van der Waals surface area contributed by atoms with E-state index < -0.39 is 0 Å². The van der Waals surface area contributed by atoms with Crippen molar-refractivity contribution in [3.05, 3.63) is 25.3 Å². The van der Waals surface area contributed by atoms with Gasteiger partial charge in [0, 0.05) is 18.5 Å². The van der Waals surface area contributed by atoms with Gasteiger partial charge < -0.3 is 5.32 Å². The van der Waals surface area contributed by atoms with Crippen molar-refractivity contribution in [2.75, 3.05) is 13.1 Å². The van der Waals surface area contributed by atoms with Crippen LogP contribution < -0.4 is 5.32 Å². The van der Waals surface area contributed by atoms with Crippen LogP contribution in [0.15, 0.2) is 25.3 Å². The zero-order chi connectivity index (χ0) is 6.04. The van der Waals surface area contributed by atoms with Crippen molar-refractivity contribution in [1.29, 1.82) is 0 Å². The first-order valence-electron chi connectivity index (χ1n) is 2.81. The minimum Gasteiger partial charge on any atom is -0.314 e. The number of rotatable bonds is 2. The molecule has 1 heterocycles. The second-order valence-corrected chi connectivity index (χ2v) is 2.24. The lowest BCUT2D eigenvalue weighted by molar-refractivity contribution is 0.313. The largest absolute Gasteiger partial charge is 0.314 e. The van der Waals surface area contributed by atoms with Crippen LogP contribution in [0.4, 0.5) is 0 Å². The van der Waals surface area contributed by atoms with Crippen LogP contribution >= 0.6 is 0 Å². The van der Waals surface area contributed by atoms with Gasteiger partial charge in [-0.1, -0.05) is 12.2 Å². The minimum atomic E-state index is 0.222. The van der Waals surface area contributed by atoms with Crippen molar-refractivity contribution < 1.29 is 0 Å². The van der Waals surface area contributed by atoms with Crippen molar-refractivity contribution in [3.8, 4) is 0 Å². The predicted octanol–water partition coefficient (Wildman–Crippen LogP) is 0.948. The summed E-state index contributed by atoms with van der Waals surface area (Å²) in [4.78, 5) is 0. The Hall–Kier alpha value is -0.560. The average Bonchev–Trinajstić information content (AvgIpc) is 1.67. The van der Waals surface area contributed by atoms with E-state index in [1.54, 1.807) is 0 Å². The van der Waals surface area contributed by atoms with Crippen molar-refractivity contribution in [2.24, 2.45) is 5.41 Å². The predicted molar refractivity (Wildman–Crippen MR) is 35.7 cm³/mol. The molecule has 0 spiro atoms. The van der Waals surface area contributed by atoms with Gasteiger partial charge in [-0.05, 0) is 0 Å². The number of nitrogens with one attached hydrogen (secondary N) is 1. The molecule has 0 saturated carbocycles. The van der Waals surface area contributed by atoms with Gasteiger partial charge in [0.15, 0.2) is 0 Å². The first-order valence-corrected chi connectivity index (χ1v) is 2.81. The molecule has 0 unspecified atom stereocenters. The van der Waals surface area contributed by atoms with Gasteiger partial charge in [0.1, 0.15) is 0 Å². The maximum Gasteiger partial charge on any atom is 0.0306 e. The molecular weight excluding hydrogens is 98.1 g/mol. The maximum atomic E-state index is 3.71. The van der Waals surface area contributed by atoms with Crippen LogP contribution in [-0.4, -0.2) is 13.1 Å². The summed E-state index contributed by atoms with van der Waals surface area (Å²) < 4.78 is 0. The molecule has 0 aromatic carbocycles. The Morgan fingerprint density at radius 2 is 1.75 bits per heavy atom. The minimum absolute atomic E-state index is 0.222. The van der Waals surface area contributed by atoms with Crippen LogP contribution in [0.1, 0.15) is 0 Å². The number of hydrogen-bond donors (Lipinski definition) is 1. The Morgan fingerprint density at radius 3 is 1.75 bits per heavy atom. The molecule has 0 amide bonds. The molecule has 8 heavy (non-hydrogen) atoms. The van der Waals surface area contributed by atoms with E-state index in [9.17, 15) is 0 Å². The van der Waals surface area contributed by atoms with E-state index in [4.69, 9.17) is 0 Å². The van der Waals surface area contributed by atoms with Crippen LogP contribution in [0.2, 0.25) is 0 Å². The summed E-state index contributed by atoms with van der Waals surface area (Å²) in [5, 5.41) is 3.16. The first-order chi connectivity index (χ1) is 3.83. The quantitative estimate of drug-likeness (QED) is 0.520. The lowest BCUT2D eigenvalue weighted by Gasteiger charge is -2.36. The van der Waals surface area contributed by atoms with Crippen LogP contribution in [0.3, 0.4) is 0 Å². The van der Waals surface area contributed by atoms with Crippen LogP contribution in [-0.2, 0) is 0 Å². The molecular formula is C7H11N. The van der Waals surface area contributed by atoms with Gasteiger partial charge in [0.25, 0.3) is 0 Å². The van der Waals surface area contributed by atoms with E-state index in [0.717, 1.165) is 13.1 Å². The fraction of sp³-hybridized carbons (Fsp3) is 0.429. The Morgan fingerprint density at radius 1 is 1.25 bits per heavy atom. The zero-order valence-corrected chi connectivity index (χ0v) is 4.98. The molecule has 0 aromatic rings. The van der Waals surface area contributed by atoms with Crippen molar-refractivity contribution in [1.82, 2.24) is 5.32 Å². The lowest BCUT2D eigenvalue weighted by Crippen LogP contribution is -2.50. The highest BCUT2D eigenvalue weighted by atomic mass is 15.0. The average molecular weight is 109 g/mol. The lowest BCUT2D eigenvalue weighted by atomic mass is 9.82. The Bertz CT molecular complexity index is 102. The van der Waals surface area contributed by atoms with Gasteiger partial charge >= 0.3 is 0 Å². The van der Waals surface area contributed by atoms with Gasteiger partial charge in [0.05, 0.1) is 0 Å². The second-order valence-electron chi connectivity index (χ2n) is 2.24. The van der Waals surface area contributed by atoms with Crippen LogP contribution in [0.5, 0.6) is 0 Å². The molecule has 0 aromatic heterocycles. The molecule has 1 rings (SSSR count). The highest BCUT2D eigenvalue weighted by Crippen LogP contribution is 2.23. The van der Waals surface area contributed by atoms with E-state index in [1.807, 2.05) is 12.2 Å². The van der Waals surface area contributed by atoms with Gasteiger partial charge in [-0.2, -0.15) is 0 Å². The zero-order valence-electron chi connectivity index (χ0n) is 4.98. The smallest absolute Gasteiger partial charge is 0.0306 e. The Kier molecular flexibility index (Phi) is 1.22. The molecule has 0 atom stereocenters. The van der Waals surface area contributed by atoms with E-state index >= 15 is 0 Å². The molecule has 1 aliphatic heterocycles. The summed E-state index contributed by atoms with van der Waals surface area (Å²) in [6, 6.07) is 0. The summed E-state index contributed by atoms with van der Waals surface area (Å²) in [6.45, 7) is 9.46. The molecule has 0 radical (unpaired) electrons. The molecule has 1 nitrogen and oxygen atoms in total. The van der Waals surface area contributed by atoms with E-state index in [-0.39, 0.29) is 5.41 Å². The molecule has 0 bridgehead atoms. The summed E-state index contributed by atoms with van der Waals surface area (Å²) in [6.07, 6.45) is 3.91. The third-order valence-corrected chi connectivity index (χ3v) is 1.72. The van der Waals surface area contributed by atoms with Gasteiger partial charge in [-0.15, -0.1) is 13.2 Å². The first kappa shape index (κ1) is 5.57. The molecule has 1 fully saturated rings. The highest BCUT2D eigenvalue weighted by Gasteiger charge is 2.29. The third-order valence-electron chi connectivity index (χ3n) is 1.72. The highest BCUT2D eigenvalue weighted by molar-refractivity contribution is 5.14. The van der Waals surface area contributed by atoms with Crippen LogP contribution in [0, 0.1) is 5.41 Å². The van der Waals surface area contributed by atoms with E-state index in [2.05, 4.69) is 18.5 Å². The fourth-order valence-corrected chi connectivity index (χ4v) is 0.786. The molecule has 1 aliphatic rings. The van der Waals surface area contributed by atoms with Crippen molar-refractivity contribution in [2.45, 2.75) is 0 Å². The van der Waals surface area contributed by atoms with E-state index in [1.165, 1.54) is 0 Å². The Labute approximate surface area is 50.1 Å². The van der Waals surface area contributed by atoms with Gasteiger partial charge in [0.2, 0.25) is 0 Å². The second kappa shape index (κ2) is 1.75. The standard InChI is InChI=1S/C7H11N/c1-3-7(4-2)5-8-6-7/h3-4,8H,1-2,5-6H2. The fourth-order valence-electron chi connectivity index (χ4n) is 0.786.